The third-order valence-electron chi connectivity index (χ3n) is 3.99. The number of carbonyl (C=O) groups is 1. The summed E-state index contributed by atoms with van der Waals surface area (Å²) in [4.78, 5) is 13.4. The Morgan fingerprint density at radius 2 is 2.12 bits per heavy atom. The first-order chi connectivity index (χ1) is 11.6. The molecule has 0 atom stereocenters. The van der Waals surface area contributed by atoms with E-state index in [9.17, 15) is 4.79 Å². The zero-order valence-electron chi connectivity index (χ0n) is 13.8. The van der Waals surface area contributed by atoms with Gasteiger partial charge < -0.3 is 14.6 Å². The van der Waals surface area contributed by atoms with E-state index < -0.39 is 5.97 Å². The molecule has 1 N–H and O–H groups in total. The molecule has 1 aromatic rings. The van der Waals surface area contributed by atoms with E-state index in [0.29, 0.717) is 23.7 Å². The minimum Gasteiger partial charge on any atom is -0.497 e. The van der Waals surface area contributed by atoms with Gasteiger partial charge in [0.25, 0.3) is 0 Å². The Morgan fingerprint density at radius 1 is 1.38 bits per heavy atom. The molecule has 24 heavy (non-hydrogen) atoms. The van der Waals surface area contributed by atoms with Crippen LogP contribution in [-0.2, 0) is 4.79 Å². The predicted molar refractivity (Wildman–Crippen MR) is 90.0 cm³/mol. The van der Waals surface area contributed by atoms with Gasteiger partial charge in [0, 0.05) is 18.2 Å². The molecule has 1 aromatic carbocycles. The highest BCUT2D eigenvalue weighted by atomic mass is 16.5. The Bertz CT molecular complexity index is 643. The van der Waals surface area contributed by atoms with Gasteiger partial charge in [0.15, 0.2) is 0 Å². The SMILES string of the molecule is COc1ccc(C=C(C#N)C(=O)O)c(OCCN2CCCCC2)c1. The molecule has 1 aliphatic heterocycles. The van der Waals surface area contributed by atoms with Crippen molar-refractivity contribution in [2.45, 2.75) is 19.3 Å². The molecule has 2 rings (SSSR count). The zero-order valence-corrected chi connectivity index (χ0v) is 13.8. The largest absolute Gasteiger partial charge is 0.497 e. The minimum atomic E-state index is -1.26. The summed E-state index contributed by atoms with van der Waals surface area (Å²) < 4.78 is 11.0. The molecular formula is C18H22N2O4. The van der Waals surface area contributed by atoms with Gasteiger partial charge >= 0.3 is 5.97 Å². The molecule has 1 aliphatic rings. The lowest BCUT2D eigenvalue weighted by Crippen LogP contribution is -2.33. The smallest absolute Gasteiger partial charge is 0.346 e. The van der Waals surface area contributed by atoms with Crippen LogP contribution in [0.15, 0.2) is 23.8 Å². The van der Waals surface area contributed by atoms with Gasteiger partial charge in [-0.25, -0.2) is 4.79 Å². The minimum absolute atomic E-state index is 0.332. The van der Waals surface area contributed by atoms with Gasteiger partial charge in [-0.15, -0.1) is 0 Å². The van der Waals surface area contributed by atoms with Crippen molar-refractivity contribution in [3.05, 3.63) is 29.3 Å². The van der Waals surface area contributed by atoms with E-state index in [1.54, 1.807) is 31.4 Å². The van der Waals surface area contributed by atoms with E-state index in [-0.39, 0.29) is 5.57 Å². The highest BCUT2D eigenvalue weighted by Gasteiger charge is 2.12. The van der Waals surface area contributed by atoms with E-state index >= 15 is 0 Å². The van der Waals surface area contributed by atoms with Crippen LogP contribution in [0.3, 0.4) is 0 Å². The van der Waals surface area contributed by atoms with E-state index in [1.165, 1.54) is 25.3 Å². The lowest BCUT2D eigenvalue weighted by molar-refractivity contribution is -0.132. The molecule has 0 radical (unpaired) electrons. The van der Waals surface area contributed by atoms with E-state index in [2.05, 4.69) is 4.90 Å². The monoisotopic (exact) mass is 330 g/mol. The second-order valence-electron chi connectivity index (χ2n) is 5.63. The number of carboxylic acids is 1. The van der Waals surface area contributed by atoms with Crippen LogP contribution in [0.2, 0.25) is 0 Å². The number of benzene rings is 1. The molecule has 128 valence electrons. The fraction of sp³-hybridized carbons (Fsp3) is 0.444. The number of hydrogen-bond donors (Lipinski definition) is 1. The van der Waals surface area contributed by atoms with Crippen molar-refractivity contribution in [3.8, 4) is 17.6 Å². The van der Waals surface area contributed by atoms with Gasteiger partial charge in [0.05, 0.1) is 7.11 Å². The van der Waals surface area contributed by atoms with Crippen molar-refractivity contribution >= 4 is 12.0 Å². The van der Waals surface area contributed by atoms with Crippen LogP contribution in [0.5, 0.6) is 11.5 Å². The van der Waals surface area contributed by atoms with Crippen molar-refractivity contribution < 1.29 is 19.4 Å². The summed E-state index contributed by atoms with van der Waals surface area (Å²) in [5.74, 6) is -0.123. The van der Waals surface area contributed by atoms with Crippen LogP contribution >= 0.6 is 0 Å². The van der Waals surface area contributed by atoms with E-state index in [0.717, 1.165) is 19.6 Å². The van der Waals surface area contributed by atoms with Gasteiger partial charge in [-0.05, 0) is 44.1 Å². The van der Waals surface area contributed by atoms with E-state index in [1.807, 2.05) is 0 Å². The van der Waals surface area contributed by atoms with Gasteiger partial charge in [-0.1, -0.05) is 6.42 Å². The van der Waals surface area contributed by atoms with Crippen molar-refractivity contribution in [2.24, 2.45) is 0 Å². The summed E-state index contributed by atoms with van der Waals surface area (Å²) in [7, 11) is 1.56. The Kier molecular flexibility index (Phi) is 6.64. The van der Waals surface area contributed by atoms with E-state index in [4.69, 9.17) is 19.8 Å². The molecule has 0 aromatic heterocycles. The molecular weight excluding hydrogens is 308 g/mol. The van der Waals surface area contributed by atoms with Gasteiger partial charge in [0.2, 0.25) is 0 Å². The van der Waals surface area contributed by atoms with Crippen LogP contribution in [-0.4, -0.2) is 49.3 Å². The fourth-order valence-corrected chi connectivity index (χ4v) is 2.65. The Balaban J connectivity index is 2.10. The molecule has 1 fully saturated rings. The number of carboxylic acid groups (broad SMARTS) is 1. The number of piperidine rings is 1. The fourth-order valence-electron chi connectivity index (χ4n) is 2.65. The number of likely N-dealkylation sites (tertiary alicyclic amines) is 1. The number of aliphatic carboxylic acids is 1. The molecule has 0 unspecified atom stereocenters. The lowest BCUT2D eigenvalue weighted by Gasteiger charge is -2.26. The topological polar surface area (TPSA) is 82.8 Å². The molecule has 6 heteroatoms. The number of nitriles is 1. The highest BCUT2D eigenvalue weighted by Crippen LogP contribution is 2.27. The lowest BCUT2D eigenvalue weighted by atomic mass is 10.1. The molecule has 6 nitrogen and oxygen atoms in total. The standard InChI is InChI=1S/C18H22N2O4/c1-23-16-6-5-14(11-15(13-19)18(21)22)17(12-16)24-10-9-20-7-3-2-4-8-20/h5-6,11-12H,2-4,7-10H2,1H3,(H,21,22). The summed E-state index contributed by atoms with van der Waals surface area (Å²) in [5.41, 5.74) is 0.217. The van der Waals surface area contributed by atoms with Crippen LogP contribution in [0.1, 0.15) is 24.8 Å². The molecule has 0 aliphatic carbocycles. The Hall–Kier alpha value is -2.52. The number of ether oxygens (including phenoxy) is 2. The third kappa shape index (κ3) is 5.00. The second-order valence-corrected chi connectivity index (χ2v) is 5.63. The normalized spacial score (nSPS) is 15.6. The van der Waals surface area contributed by atoms with Crippen molar-refractivity contribution in [1.82, 2.24) is 4.90 Å². The average molecular weight is 330 g/mol. The maximum absolute atomic E-state index is 11.0. The molecule has 0 spiro atoms. The molecule has 0 bridgehead atoms. The van der Waals surface area contributed by atoms with Gasteiger partial charge in [-0.2, -0.15) is 5.26 Å². The summed E-state index contributed by atoms with van der Waals surface area (Å²) in [5, 5.41) is 17.9. The highest BCUT2D eigenvalue weighted by molar-refractivity contribution is 5.96. The predicted octanol–water partition coefficient (Wildman–Crippen LogP) is 2.55. The first-order valence-corrected chi connectivity index (χ1v) is 8.02. The number of nitrogens with zero attached hydrogens (tertiary/aromatic N) is 2. The molecule has 1 saturated heterocycles. The molecule has 0 amide bonds. The average Bonchev–Trinajstić information content (AvgIpc) is 2.61. The number of rotatable bonds is 7. The molecule has 1 heterocycles. The summed E-state index contributed by atoms with van der Waals surface area (Å²) in [6, 6.07) is 6.79. The van der Waals surface area contributed by atoms with Crippen LogP contribution in [0, 0.1) is 11.3 Å². The Morgan fingerprint density at radius 3 is 2.75 bits per heavy atom. The number of methoxy groups -OCH3 is 1. The number of hydrogen-bond acceptors (Lipinski definition) is 5. The summed E-state index contributed by atoms with van der Waals surface area (Å²) in [6.45, 7) is 3.50. The third-order valence-corrected chi connectivity index (χ3v) is 3.99. The second kappa shape index (κ2) is 8.94. The van der Waals surface area contributed by atoms with Crippen LogP contribution in [0.4, 0.5) is 0 Å². The van der Waals surface area contributed by atoms with Crippen molar-refractivity contribution in [3.63, 3.8) is 0 Å². The van der Waals surface area contributed by atoms with Crippen molar-refractivity contribution in [2.75, 3.05) is 33.4 Å². The maximum Gasteiger partial charge on any atom is 0.346 e. The van der Waals surface area contributed by atoms with Crippen LogP contribution in [0.25, 0.3) is 6.08 Å². The zero-order chi connectivity index (χ0) is 17.4. The summed E-state index contributed by atoms with van der Waals surface area (Å²) in [6.07, 6.45) is 5.04. The van der Waals surface area contributed by atoms with Crippen molar-refractivity contribution in [1.29, 1.82) is 5.26 Å². The quantitative estimate of drug-likeness (QED) is 0.611. The maximum atomic E-state index is 11.0. The first kappa shape index (κ1) is 17.8. The molecule has 0 saturated carbocycles. The summed E-state index contributed by atoms with van der Waals surface area (Å²) >= 11 is 0. The van der Waals surface area contributed by atoms with Crippen LogP contribution < -0.4 is 9.47 Å². The van der Waals surface area contributed by atoms with Gasteiger partial charge in [0.1, 0.15) is 29.7 Å². The first-order valence-electron chi connectivity index (χ1n) is 8.02. The van der Waals surface area contributed by atoms with Gasteiger partial charge in [-0.3, -0.25) is 4.90 Å². The Labute approximate surface area is 141 Å².